The van der Waals surface area contributed by atoms with Gasteiger partial charge in [-0.2, -0.15) is 8.42 Å². The van der Waals surface area contributed by atoms with E-state index in [-0.39, 0.29) is 31.0 Å². The molecule has 0 unspecified atom stereocenters. The molecule has 0 saturated carbocycles. The number of ether oxygens (including phenoxy) is 2. The van der Waals surface area contributed by atoms with E-state index in [0.717, 1.165) is 11.1 Å². The maximum Gasteiger partial charge on any atom is 0.407 e. The largest absolute Gasteiger partial charge is 0.490 e. The second-order valence-corrected chi connectivity index (χ2v) is 11.6. The molecule has 0 saturated heterocycles. The third-order valence-corrected chi connectivity index (χ3v) is 6.84. The standard InChI is InChI=1S/C26H35ClN2O7S/c1-18-10-13-21(14-11-18)37(32,33)35-16-6-8-19-7-5-9-22(24(19)27)34-17-20(12-15-23(28)30)29-25(31)36-26(2,3)4/h5,7,9-11,13-14,20H,6,8,12,15-17H2,1-4H3,(H2,28,30)(H,29,31)/t20-/m0/s1. The van der Waals surface area contributed by atoms with Crippen LogP contribution < -0.4 is 15.8 Å². The number of nitrogens with one attached hydrogen (secondary N) is 1. The fourth-order valence-electron chi connectivity index (χ4n) is 3.24. The summed E-state index contributed by atoms with van der Waals surface area (Å²) in [5, 5.41) is 3.07. The number of alkyl carbamates (subject to hydrolysis) is 1. The molecule has 0 aliphatic rings. The molecule has 0 radical (unpaired) electrons. The van der Waals surface area contributed by atoms with Crippen molar-refractivity contribution in [3.8, 4) is 5.75 Å². The minimum absolute atomic E-state index is 0.00732. The Hall–Kier alpha value is -2.82. The van der Waals surface area contributed by atoms with Gasteiger partial charge in [0.1, 0.15) is 18.0 Å². The predicted octanol–water partition coefficient (Wildman–Crippen LogP) is 4.52. The molecular formula is C26H35ClN2O7S. The van der Waals surface area contributed by atoms with Crippen LogP contribution >= 0.6 is 11.6 Å². The summed E-state index contributed by atoms with van der Waals surface area (Å²) in [6.45, 7) is 7.14. The maximum absolute atomic E-state index is 12.3. The molecule has 9 nitrogen and oxygen atoms in total. The number of hydrogen-bond acceptors (Lipinski definition) is 7. The lowest BCUT2D eigenvalue weighted by atomic mass is 10.1. The van der Waals surface area contributed by atoms with Crippen LogP contribution in [0.5, 0.6) is 5.75 Å². The van der Waals surface area contributed by atoms with Gasteiger partial charge in [0.2, 0.25) is 5.91 Å². The van der Waals surface area contributed by atoms with E-state index in [9.17, 15) is 18.0 Å². The van der Waals surface area contributed by atoms with E-state index >= 15 is 0 Å². The van der Waals surface area contributed by atoms with Crippen molar-refractivity contribution in [2.45, 2.75) is 69.9 Å². The number of primary amides is 1. The fraction of sp³-hybridized carbons (Fsp3) is 0.462. The molecule has 204 valence electrons. The number of nitrogens with two attached hydrogens (primary N) is 1. The first kappa shape index (κ1) is 30.4. The molecular weight excluding hydrogens is 520 g/mol. The normalized spacial score (nSPS) is 12.6. The number of aryl methyl sites for hydroxylation is 2. The molecule has 2 rings (SSSR count). The van der Waals surface area contributed by atoms with Crippen LogP contribution in [0.15, 0.2) is 47.4 Å². The second kappa shape index (κ2) is 13.6. The van der Waals surface area contributed by atoms with Crippen LogP contribution in [0.1, 0.15) is 51.2 Å². The Morgan fingerprint density at radius 2 is 1.78 bits per heavy atom. The third kappa shape index (κ3) is 11.0. The average Bonchev–Trinajstić information content (AvgIpc) is 2.79. The zero-order valence-electron chi connectivity index (χ0n) is 21.6. The van der Waals surface area contributed by atoms with Crippen molar-refractivity contribution >= 4 is 33.7 Å². The van der Waals surface area contributed by atoms with E-state index in [0.29, 0.717) is 23.6 Å². The highest BCUT2D eigenvalue weighted by Gasteiger charge is 2.21. The van der Waals surface area contributed by atoms with Crippen LogP contribution in [0, 0.1) is 6.92 Å². The highest BCUT2D eigenvalue weighted by atomic mass is 35.5. The molecule has 2 aromatic rings. The van der Waals surface area contributed by atoms with Gasteiger partial charge in [-0.15, -0.1) is 0 Å². The lowest BCUT2D eigenvalue weighted by molar-refractivity contribution is -0.118. The molecule has 0 spiro atoms. The SMILES string of the molecule is Cc1ccc(S(=O)(=O)OCCCc2cccc(OC[C@H](CCC(N)=O)NC(=O)OC(C)(C)C)c2Cl)cc1. The monoisotopic (exact) mass is 554 g/mol. The molecule has 0 aliphatic carbocycles. The van der Waals surface area contributed by atoms with Gasteiger partial charge in [-0.25, -0.2) is 4.79 Å². The molecule has 2 aromatic carbocycles. The number of halogens is 1. The molecule has 1 atom stereocenters. The van der Waals surface area contributed by atoms with Crippen LogP contribution in [0.25, 0.3) is 0 Å². The second-order valence-electron chi connectivity index (χ2n) is 9.58. The van der Waals surface area contributed by atoms with Crippen molar-refractivity contribution in [2.75, 3.05) is 13.2 Å². The first-order chi connectivity index (χ1) is 17.3. The van der Waals surface area contributed by atoms with Crippen molar-refractivity contribution in [1.29, 1.82) is 0 Å². The van der Waals surface area contributed by atoms with Crippen LogP contribution in [-0.2, 0) is 30.3 Å². The Kier molecular flexibility index (Phi) is 11.2. The van der Waals surface area contributed by atoms with E-state index in [2.05, 4.69) is 5.32 Å². The highest BCUT2D eigenvalue weighted by molar-refractivity contribution is 7.86. The summed E-state index contributed by atoms with van der Waals surface area (Å²) < 4.78 is 41.0. The summed E-state index contributed by atoms with van der Waals surface area (Å²) in [6.07, 6.45) is 0.559. The lowest BCUT2D eigenvalue weighted by Crippen LogP contribution is -2.42. The Morgan fingerprint density at radius 3 is 2.41 bits per heavy atom. The minimum atomic E-state index is -3.84. The summed E-state index contributed by atoms with van der Waals surface area (Å²) in [6, 6.07) is 11.2. The van der Waals surface area contributed by atoms with Gasteiger partial charge in [0.25, 0.3) is 10.1 Å². The van der Waals surface area contributed by atoms with E-state index in [4.69, 9.17) is 31.0 Å². The molecule has 0 aliphatic heterocycles. The molecule has 2 amide bonds. The summed E-state index contributed by atoms with van der Waals surface area (Å²) in [5.41, 5.74) is 6.28. The van der Waals surface area contributed by atoms with Gasteiger partial charge < -0.3 is 20.5 Å². The van der Waals surface area contributed by atoms with Gasteiger partial charge in [-0.1, -0.05) is 41.4 Å². The topological polar surface area (TPSA) is 134 Å². The van der Waals surface area contributed by atoms with Crippen molar-refractivity contribution in [1.82, 2.24) is 5.32 Å². The molecule has 37 heavy (non-hydrogen) atoms. The lowest BCUT2D eigenvalue weighted by Gasteiger charge is -2.24. The van der Waals surface area contributed by atoms with Crippen molar-refractivity contribution in [3.63, 3.8) is 0 Å². The quantitative estimate of drug-likeness (QED) is 0.274. The number of rotatable bonds is 13. The fourth-order valence-corrected chi connectivity index (χ4v) is 4.46. The molecule has 0 aromatic heterocycles. The van der Waals surface area contributed by atoms with E-state index in [1.54, 1.807) is 45.0 Å². The van der Waals surface area contributed by atoms with E-state index in [1.165, 1.54) is 12.1 Å². The Morgan fingerprint density at radius 1 is 1.11 bits per heavy atom. The summed E-state index contributed by atoms with van der Waals surface area (Å²) >= 11 is 6.52. The van der Waals surface area contributed by atoms with Gasteiger partial charge in [-0.3, -0.25) is 8.98 Å². The smallest absolute Gasteiger partial charge is 0.407 e. The van der Waals surface area contributed by atoms with E-state index in [1.807, 2.05) is 13.0 Å². The first-order valence-corrected chi connectivity index (χ1v) is 13.7. The summed E-state index contributed by atoms with van der Waals surface area (Å²) in [4.78, 5) is 23.5. The Bertz CT molecular complexity index is 1160. The minimum Gasteiger partial charge on any atom is -0.490 e. The Labute approximate surface area is 223 Å². The van der Waals surface area contributed by atoms with Crippen LogP contribution in [0.4, 0.5) is 4.79 Å². The zero-order chi connectivity index (χ0) is 27.6. The van der Waals surface area contributed by atoms with Crippen molar-refractivity contribution < 1.29 is 31.7 Å². The maximum atomic E-state index is 12.3. The molecule has 3 N–H and O–H groups in total. The zero-order valence-corrected chi connectivity index (χ0v) is 23.2. The van der Waals surface area contributed by atoms with Crippen LogP contribution in [-0.4, -0.2) is 45.3 Å². The predicted molar refractivity (Wildman–Crippen MR) is 141 cm³/mol. The van der Waals surface area contributed by atoms with Gasteiger partial charge in [-0.05, 0) is 70.7 Å². The van der Waals surface area contributed by atoms with Crippen LogP contribution in [0.3, 0.4) is 0 Å². The highest BCUT2D eigenvalue weighted by Crippen LogP contribution is 2.29. The molecule has 0 heterocycles. The van der Waals surface area contributed by atoms with Crippen molar-refractivity contribution in [3.05, 3.63) is 58.6 Å². The molecule has 0 bridgehead atoms. The van der Waals surface area contributed by atoms with Gasteiger partial charge >= 0.3 is 6.09 Å². The van der Waals surface area contributed by atoms with Gasteiger partial charge in [0.15, 0.2) is 0 Å². The Balaban J connectivity index is 1.94. The molecule has 0 fully saturated rings. The number of carbonyl (C=O) groups excluding carboxylic acids is 2. The summed E-state index contributed by atoms with van der Waals surface area (Å²) in [7, 11) is -3.84. The first-order valence-electron chi connectivity index (χ1n) is 11.9. The summed E-state index contributed by atoms with van der Waals surface area (Å²) in [5.74, 6) is -0.106. The van der Waals surface area contributed by atoms with Crippen molar-refractivity contribution in [2.24, 2.45) is 5.73 Å². The number of benzene rings is 2. The van der Waals surface area contributed by atoms with Gasteiger partial charge in [0.05, 0.1) is 22.6 Å². The van der Waals surface area contributed by atoms with Crippen LogP contribution in [0.2, 0.25) is 5.02 Å². The van der Waals surface area contributed by atoms with Gasteiger partial charge in [0, 0.05) is 6.42 Å². The molecule has 11 heteroatoms. The third-order valence-electron chi connectivity index (χ3n) is 5.08. The van der Waals surface area contributed by atoms with E-state index < -0.39 is 33.8 Å². The number of hydrogen-bond donors (Lipinski definition) is 2. The number of amides is 2. The average molecular weight is 555 g/mol. The number of carbonyl (C=O) groups is 2.